The summed E-state index contributed by atoms with van der Waals surface area (Å²) in [6.07, 6.45) is 8.96. The fourth-order valence-corrected chi connectivity index (χ4v) is 2.46. The van der Waals surface area contributed by atoms with Gasteiger partial charge in [0, 0.05) is 6.07 Å². The van der Waals surface area contributed by atoms with Crippen molar-refractivity contribution in [2.45, 2.75) is 38.5 Å². The van der Waals surface area contributed by atoms with Gasteiger partial charge in [-0.25, -0.2) is 0 Å². The lowest BCUT2D eigenvalue weighted by Gasteiger charge is -1.99. The van der Waals surface area contributed by atoms with E-state index in [-0.39, 0.29) is 18.3 Å². The van der Waals surface area contributed by atoms with Crippen LogP contribution in [0, 0.1) is 0 Å². The first-order valence-corrected chi connectivity index (χ1v) is 7.26. The first-order chi connectivity index (χ1) is 8.24. The number of hydrogen-bond donors (Lipinski definition) is 1. The number of carbonyl (C=O) groups is 1. The van der Waals surface area contributed by atoms with Crippen LogP contribution in [-0.2, 0) is 5.88 Å². The third-order valence-corrected chi connectivity index (χ3v) is 3.58. The van der Waals surface area contributed by atoms with Crippen LogP contribution in [-0.4, -0.2) is 11.7 Å². The average Bonchev–Trinajstić information content (AvgIpc) is 2.34. The van der Waals surface area contributed by atoms with E-state index in [1.807, 2.05) is 28.6 Å². The van der Waals surface area contributed by atoms with Gasteiger partial charge in [-0.1, -0.05) is 37.9 Å². The largest absolute Gasteiger partial charge is 1.00 e. The van der Waals surface area contributed by atoms with Gasteiger partial charge in [-0.15, -0.1) is 0 Å². The molecule has 1 heterocycles. The fraction of sp³-hybridized carbons (Fsp3) is 0.538. The van der Waals surface area contributed by atoms with Crippen LogP contribution >= 0.6 is 11.8 Å². The minimum absolute atomic E-state index is 0. The topological polar surface area (TPSA) is 47.0 Å². The maximum absolute atomic E-state index is 11.0. The maximum Gasteiger partial charge on any atom is 0.254 e. The highest BCUT2D eigenvalue weighted by molar-refractivity contribution is 7.98. The first-order valence-electron chi connectivity index (χ1n) is 6.10. The lowest BCUT2D eigenvalue weighted by Crippen LogP contribution is -3.00. The summed E-state index contributed by atoms with van der Waals surface area (Å²) in [4.78, 5) is 11.0. The summed E-state index contributed by atoms with van der Waals surface area (Å²) in [7, 11) is 0. The number of thioether (sulfide) groups is 1. The van der Waals surface area contributed by atoms with Crippen LogP contribution in [0.2, 0.25) is 0 Å². The van der Waals surface area contributed by atoms with Gasteiger partial charge in [-0.05, 0) is 18.2 Å². The normalized spacial score (nSPS) is 9.83. The smallest absolute Gasteiger partial charge is 0.254 e. The summed E-state index contributed by atoms with van der Waals surface area (Å²) in [5.41, 5.74) is 5.80. The van der Waals surface area contributed by atoms with Crippen LogP contribution in [0.15, 0.2) is 24.5 Å². The zero-order valence-corrected chi connectivity index (χ0v) is 12.3. The predicted molar refractivity (Wildman–Crippen MR) is 71.8 cm³/mol. The summed E-state index contributed by atoms with van der Waals surface area (Å²) in [5.74, 6) is 1.69. The van der Waals surface area contributed by atoms with Crippen molar-refractivity contribution in [1.29, 1.82) is 0 Å². The van der Waals surface area contributed by atoms with E-state index < -0.39 is 0 Å². The predicted octanol–water partition coefficient (Wildman–Crippen LogP) is -0.652. The molecule has 0 spiro atoms. The van der Waals surface area contributed by atoms with Gasteiger partial charge in [0.15, 0.2) is 18.3 Å². The molecule has 0 saturated heterocycles. The lowest BCUT2D eigenvalue weighted by atomic mass is 10.2. The number of carbonyl (C=O) groups excluding carboxylic acids is 1. The summed E-state index contributed by atoms with van der Waals surface area (Å²) >= 11 is 1.89. The molecule has 0 radical (unpaired) electrons. The van der Waals surface area contributed by atoms with E-state index >= 15 is 0 Å². The number of rotatable bonds is 8. The Bertz CT molecular complexity index is 361. The Hall–Kier alpha value is -0.740. The van der Waals surface area contributed by atoms with Crippen molar-refractivity contribution in [2.24, 2.45) is 5.73 Å². The number of amides is 1. The molecule has 3 nitrogen and oxygen atoms in total. The molecule has 1 aromatic rings. The van der Waals surface area contributed by atoms with Crippen molar-refractivity contribution in [2.75, 3.05) is 5.75 Å². The van der Waals surface area contributed by atoms with E-state index in [0.29, 0.717) is 5.56 Å². The Kier molecular flexibility index (Phi) is 9.79. The molecule has 0 bridgehead atoms. The molecule has 0 fully saturated rings. The highest BCUT2D eigenvalue weighted by atomic mass is 35.5. The van der Waals surface area contributed by atoms with Gasteiger partial charge in [-0.2, -0.15) is 4.57 Å². The second-order valence-electron chi connectivity index (χ2n) is 4.07. The monoisotopic (exact) mass is 288 g/mol. The second-order valence-corrected chi connectivity index (χ2v) is 5.14. The molecule has 18 heavy (non-hydrogen) atoms. The maximum atomic E-state index is 11.0. The van der Waals surface area contributed by atoms with Crippen molar-refractivity contribution in [1.82, 2.24) is 0 Å². The molecule has 2 N–H and O–H groups in total. The molecule has 0 aliphatic heterocycles. The summed E-state index contributed by atoms with van der Waals surface area (Å²) in [6.45, 7) is 2.22. The minimum Gasteiger partial charge on any atom is -1.00 e. The number of primary amides is 1. The molecular weight excluding hydrogens is 268 g/mol. The summed E-state index contributed by atoms with van der Waals surface area (Å²) in [5, 5.41) is 0. The summed E-state index contributed by atoms with van der Waals surface area (Å²) < 4.78 is 2.00. The number of hydrogen-bond acceptors (Lipinski definition) is 2. The molecule has 0 aromatic carbocycles. The molecule has 5 heteroatoms. The number of aromatic nitrogens is 1. The molecule has 0 atom stereocenters. The molecular formula is C13H21ClN2OS. The minimum atomic E-state index is -0.368. The van der Waals surface area contributed by atoms with Gasteiger partial charge in [0.05, 0.1) is 0 Å². The van der Waals surface area contributed by atoms with Crippen LogP contribution in [0.3, 0.4) is 0 Å². The van der Waals surface area contributed by atoms with Gasteiger partial charge in [-0.3, -0.25) is 4.79 Å². The third-order valence-electron chi connectivity index (χ3n) is 2.53. The zero-order chi connectivity index (χ0) is 12.5. The van der Waals surface area contributed by atoms with Gasteiger partial charge < -0.3 is 18.1 Å². The second kappa shape index (κ2) is 10.2. The first kappa shape index (κ1) is 17.3. The highest BCUT2D eigenvalue weighted by Gasteiger charge is 2.06. The van der Waals surface area contributed by atoms with Crippen LogP contribution < -0.4 is 22.7 Å². The average molecular weight is 289 g/mol. The molecule has 1 amide bonds. The van der Waals surface area contributed by atoms with E-state index in [1.165, 1.54) is 31.4 Å². The van der Waals surface area contributed by atoms with Gasteiger partial charge >= 0.3 is 0 Å². The molecule has 0 saturated carbocycles. The molecule has 0 unspecified atom stereocenters. The van der Waals surface area contributed by atoms with Gasteiger partial charge in [0.25, 0.3) is 5.91 Å². The van der Waals surface area contributed by atoms with Gasteiger partial charge in [0.2, 0.25) is 0 Å². The van der Waals surface area contributed by atoms with Gasteiger partial charge in [0.1, 0.15) is 5.56 Å². The van der Waals surface area contributed by atoms with Crippen LogP contribution in [0.25, 0.3) is 0 Å². The van der Waals surface area contributed by atoms with Crippen LogP contribution in [0.4, 0.5) is 0 Å². The molecule has 1 rings (SSSR count). The fourth-order valence-electron chi connectivity index (χ4n) is 1.55. The Morgan fingerprint density at radius 1 is 1.39 bits per heavy atom. The third kappa shape index (κ3) is 6.87. The Labute approximate surface area is 120 Å². The van der Waals surface area contributed by atoms with E-state index in [9.17, 15) is 4.79 Å². The number of nitrogens with zero attached hydrogens (tertiary/aromatic N) is 1. The number of nitrogens with two attached hydrogens (primary N) is 1. The number of halogens is 1. The Balaban J connectivity index is 0.00000289. The number of pyridine rings is 1. The summed E-state index contributed by atoms with van der Waals surface area (Å²) in [6, 6.07) is 3.60. The standard InChI is InChI=1S/C13H20N2OS.ClH/c1-2-3-4-5-9-17-11-15-8-6-7-12(10-15)13(14)16;/h6-8,10H,2-5,9,11H2,1H3,(H-,14,16);1H. The zero-order valence-electron chi connectivity index (χ0n) is 10.8. The van der Waals surface area contributed by atoms with E-state index in [2.05, 4.69) is 6.92 Å². The van der Waals surface area contributed by atoms with Crippen LogP contribution in [0.5, 0.6) is 0 Å². The SMILES string of the molecule is CCCCCCSC[n+]1cccc(C(N)=O)c1.[Cl-]. The quantitative estimate of drug-likeness (QED) is 0.510. The van der Waals surface area contributed by atoms with E-state index in [4.69, 9.17) is 5.73 Å². The molecule has 0 aliphatic carbocycles. The van der Waals surface area contributed by atoms with Crippen molar-refractivity contribution >= 4 is 17.7 Å². The van der Waals surface area contributed by atoms with Crippen molar-refractivity contribution < 1.29 is 21.8 Å². The molecule has 1 aromatic heterocycles. The Morgan fingerprint density at radius 3 is 2.83 bits per heavy atom. The van der Waals surface area contributed by atoms with Crippen molar-refractivity contribution in [3.05, 3.63) is 30.1 Å². The van der Waals surface area contributed by atoms with E-state index in [0.717, 1.165) is 5.88 Å². The molecule has 102 valence electrons. The van der Waals surface area contributed by atoms with E-state index in [1.54, 1.807) is 12.3 Å². The Morgan fingerprint density at radius 2 is 2.17 bits per heavy atom. The molecule has 0 aliphatic rings. The van der Waals surface area contributed by atoms with Crippen molar-refractivity contribution in [3.8, 4) is 0 Å². The lowest BCUT2D eigenvalue weighted by molar-refractivity contribution is -0.676. The highest BCUT2D eigenvalue weighted by Crippen LogP contribution is 2.07. The number of unbranched alkanes of at least 4 members (excludes halogenated alkanes) is 3. The van der Waals surface area contributed by atoms with Crippen molar-refractivity contribution in [3.63, 3.8) is 0 Å². The van der Waals surface area contributed by atoms with Crippen LogP contribution in [0.1, 0.15) is 43.0 Å².